The fraction of sp³-hybridized carbons (Fsp3) is 0.462. The van der Waals surface area contributed by atoms with Crippen molar-refractivity contribution in [2.75, 3.05) is 71.4 Å². The Morgan fingerprint density at radius 1 is 0.886 bits per heavy atom. The summed E-state index contributed by atoms with van der Waals surface area (Å²) >= 11 is -1.17. The zero-order valence-electron chi connectivity index (χ0n) is 20.8. The van der Waals surface area contributed by atoms with E-state index in [0.29, 0.717) is 0 Å². The van der Waals surface area contributed by atoms with E-state index in [1.165, 1.54) is 0 Å². The number of nitrogens with zero attached hydrogens (tertiary/aromatic N) is 6. The molecule has 2 fully saturated rings. The summed E-state index contributed by atoms with van der Waals surface area (Å²) in [5.74, 6) is 2.68. The van der Waals surface area contributed by atoms with Crippen molar-refractivity contribution in [1.29, 1.82) is 0 Å². The molecule has 0 bridgehead atoms. The van der Waals surface area contributed by atoms with E-state index in [-0.39, 0.29) is 6.04 Å². The second-order valence-corrected chi connectivity index (χ2v) is 10.8. The van der Waals surface area contributed by atoms with Gasteiger partial charge in [0.25, 0.3) is 0 Å². The van der Waals surface area contributed by atoms with Gasteiger partial charge < -0.3 is 19.1 Å². The minimum Gasteiger partial charge on any atom is -0.593 e. The molecule has 2 unspecified atom stereocenters. The highest BCUT2D eigenvalue weighted by Gasteiger charge is 2.31. The fourth-order valence-corrected chi connectivity index (χ4v) is 5.95. The van der Waals surface area contributed by atoms with Gasteiger partial charge in [0.2, 0.25) is 0 Å². The third-order valence-corrected chi connectivity index (χ3v) is 8.60. The van der Waals surface area contributed by atoms with Crippen LogP contribution in [0.3, 0.4) is 0 Å². The Bertz CT molecular complexity index is 1130. The van der Waals surface area contributed by atoms with Crippen LogP contribution in [0.15, 0.2) is 53.4 Å². The number of piperazine rings is 2. The van der Waals surface area contributed by atoms with Gasteiger partial charge in [-0.15, -0.1) is 4.31 Å². The van der Waals surface area contributed by atoms with E-state index in [9.17, 15) is 4.55 Å². The first-order valence-electron chi connectivity index (χ1n) is 12.3. The quantitative estimate of drug-likeness (QED) is 0.485. The summed E-state index contributed by atoms with van der Waals surface area (Å²) in [6.07, 6.45) is 0. The number of methoxy groups -OCH3 is 1. The van der Waals surface area contributed by atoms with Gasteiger partial charge in [0, 0.05) is 44.7 Å². The van der Waals surface area contributed by atoms with Crippen LogP contribution in [0.2, 0.25) is 0 Å². The zero-order valence-corrected chi connectivity index (χ0v) is 21.6. The largest absolute Gasteiger partial charge is 0.593 e. The van der Waals surface area contributed by atoms with Gasteiger partial charge in [-0.1, -0.05) is 12.1 Å². The molecule has 3 heterocycles. The molecule has 8 nitrogen and oxygen atoms in total. The summed E-state index contributed by atoms with van der Waals surface area (Å²) in [5.41, 5.74) is 0.998. The Balaban J connectivity index is 1.30. The summed E-state index contributed by atoms with van der Waals surface area (Å²) in [7, 11) is 3.81. The molecule has 2 aliphatic heterocycles. The second kappa shape index (κ2) is 10.7. The van der Waals surface area contributed by atoms with Gasteiger partial charge in [0.05, 0.1) is 43.1 Å². The number of fused-ring (bicyclic) bond motifs is 1. The molecule has 2 saturated heterocycles. The van der Waals surface area contributed by atoms with E-state index in [1.54, 1.807) is 7.11 Å². The Morgan fingerprint density at radius 3 is 2.26 bits per heavy atom. The first-order valence-corrected chi connectivity index (χ1v) is 13.4. The predicted molar refractivity (Wildman–Crippen MR) is 140 cm³/mol. The second-order valence-electron chi connectivity index (χ2n) is 9.28. The summed E-state index contributed by atoms with van der Waals surface area (Å²) in [6.45, 7) is 9.33. The monoisotopic (exact) mass is 494 g/mol. The molecule has 1 aromatic heterocycles. The summed E-state index contributed by atoms with van der Waals surface area (Å²) < 4.78 is 20.3. The van der Waals surface area contributed by atoms with E-state index in [1.807, 2.05) is 34.6 Å². The molecule has 0 aliphatic carbocycles. The van der Waals surface area contributed by atoms with Gasteiger partial charge in [0.1, 0.15) is 17.4 Å². The maximum absolute atomic E-state index is 13.1. The average Bonchev–Trinajstić information content (AvgIpc) is 2.92. The molecule has 2 atom stereocenters. The molecule has 0 saturated carbocycles. The van der Waals surface area contributed by atoms with Crippen LogP contribution in [0, 0.1) is 0 Å². The summed E-state index contributed by atoms with van der Waals surface area (Å²) in [6, 6.07) is 15.9. The van der Waals surface area contributed by atoms with E-state index in [4.69, 9.17) is 14.7 Å². The zero-order chi connectivity index (χ0) is 24.4. The standard InChI is InChI=1S/C26H34N6O2S/c1-20(30-16-18-32(19-17-30)35(33)22-10-8-21(34-3)9-11-22)25-27-24-7-5-4-6-23(24)26(28-25)31-14-12-29(2)13-15-31/h4-11,20H,12-19H2,1-3H3. The number of hydrogen-bond acceptors (Lipinski definition) is 8. The Hall–Kier alpha value is -2.43. The molecule has 5 rings (SSSR count). The van der Waals surface area contributed by atoms with Crippen LogP contribution in [-0.4, -0.2) is 95.1 Å². The number of para-hydroxylation sites is 1. The molecule has 0 radical (unpaired) electrons. The van der Waals surface area contributed by atoms with Crippen LogP contribution in [0.4, 0.5) is 5.82 Å². The van der Waals surface area contributed by atoms with Gasteiger partial charge in [0.15, 0.2) is 4.90 Å². The number of anilines is 1. The highest BCUT2D eigenvalue weighted by molar-refractivity contribution is 7.89. The lowest BCUT2D eigenvalue weighted by atomic mass is 10.1. The van der Waals surface area contributed by atoms with Crippen molar-refractivity contribution in [2.24, 2.45) is 0 Å². The first kappa shape index (κ1) is 24.3. The topological polar surface area (TPSA) is 71.0 Å². The van der Waals surface area contributed by atoms with E-state index >= 15 is 0 Å². The summed E-state index contributed by atoms with van der Waals surface area (Å²) in [5, 5.41) is 1.12. The molecule has 0 amide bonds. The van der Waals surface area contributed by atoms with Crippen molar-refractivity contribution >= 4 is 28.1 Å². The molecular weight excluding hydrogens is 460 g/mol. The third kappa shape index (κ3) is 5.24. The predicted octanol–water partition coefficient (Wildman–Crippen LogP) is 2.79. The highest BCUT2D eigenvalue weighted by atomic mass is 32.2. The summed E-state index contributed by atoms with van der Waals surface area (Å²) in [4.78, 5) is 18.0. The lowest BCUT2D eigenvalue weighted by molar-refractivity contribution is 0.141. The molecule has 186 valence electrons. The van der Waals surface area contributed by atoms with Crippen molar-refractivity contribution in [1.82, 2.24) is 24.1 Å². The first-order chi connectivity index (χ1) is 17.0. The Labute approximate surface area is 210 Å². The normalized spacial score (nSPS) is 20.2. The van der Waals surface area contributed by atoms with Crippen molar-refractivity contribution in [3.05, 3.63) is 54.4 Å². The van der Waals surface area contributed by atoms with Crippen molar-refractivity contribution in [2.45, 2.75) is 17.9 Å². The van der Waals surface area contributed by atoms with Gasteiger partial charge in [-0.25, -0.2) is 9.97 Å². The van der Waals surface area contributed by atoms with Gasteiger partial charge in [-0.2, -0.15) is 0 Å². The number of hydrogen-bond donors (Lipinski definition) is 0. The number of benzene rings is 2. The average molecular weight is 495 g/mol. The van der Waals surface area contributed by atoms with Crippen LogP contribution in [0.5, 0.6) is 5.75 Å². The van der Waals surface area contributed by atoms with Gasteiger partial charge in [-0.05, 0) is 50.4 Å². The number of rotatable bonds is 6. The van der Waals surface area contributed by atoms with Crippen LogP contribution >= 0.6 is 0 Å². The fourth-order valence-electron chi connectivity index (χ4n) is 4.78. The van der Waals surface area contributed by atoms with Crippen molar-refractivity contribution in [3.63, 3.8) is 0 Å². The lowest BCUT2D eigenvalue weighted by Gasteiger charge is -2.37. The minimum atomic E-state index is -1.17. The molecule has 3 aromatic rings. The Morgan fingerprint density at radius 2 is 1.57 bits per heavy atom. The number of ether oxygens (including phenoxy) is 1. The number of likely N-dealkylation sites (N-methyl/N-ethyl adjacent to an activating group) is 1. The maximum atomic E-state index is 13.1. The molecule has 0 N–H and O–H groups in total. The van der Waals surface area contributed by atoms with E-state index in [2.05, 4.69) is 46.9 Å². The smallest absolute Gasteiger partial charge is 0.174 e. The maximum Gasteiger partial charge on any atom is 0.174 e. The minimum absolute atomic E-state index is 0.0855. The number of aromatic nitrogens is 2. The third-order valence-electron chi connectivity index (χ3n) is 7.09. The Kier molecular flexibility index (Phi) is 7.40. The van der Waals surface area contributed by atoms with Gasteiger partial charge >= 0.3 is 0 Å². The van der Waals surface area contributed by atoms with Crippen LogP contribution < -0.4 is 9.64 Å². The van der Waals surface area contributed by atoms with E-state index < -0.39 is 11.4 Å². The molecule has 35 heavy (non-hydrogen) atoms. The highest BCUT2D eigenvalue weighted by Crippen LogP contribution is 2.29. The van der Waals surface area contributed by atoms with Crippen molar-refractivity contribution < 1.29 is 9.29 Å². The molecule has 2 aliphatic rings. The molecule has 9 heteroatoms. The molecule has 2 aromatic carbocycles. The van der Waals surface area contributed by atoms with Crippen LogP contribution in [0.1, 0.15) is 18.8 Å². The lowest BCUT2D eigenvalue weighted by Crippen LogP contribution is -2.49. The SMILES string of the molecule is COc1ccc([S+]([O-])N2CCN(C(C)c3nc(N4CCN(C)CC4)c4ccccc4n3)CC2)cc1. The van der Waals surface area contributed by atoms with Crippen LogP contribution in [-0.2, 0) is 11.4 Å². The van der Waals surface area contributed by atoms with E-state index in [0.717, 1.165) is 85.5 Å². The van der Waals surface area contributed by atoms with Crippen LogP contribution in [0.25, 0.3) is 10.9 Å². The van der Waals surface area contributed by atoms with Gasteiger partial charge in [-0.3, -0.25) is 4.90 Å². The molecular formula is C26H34N6O2S. The molecule has 0 spiro atoms. The van der Waals surface area contributed by atoms with Crippen molar-refractivity contribution in [3.8, 4) is 5.75 Å².